The molecule has 0 amide bonds. The number of hydrogen-bond donors (Lipinski definition) is 1. The number of rotatable bonds is 2. The average molecular weight is 372 g/mol. The molecule has 6 nitrogen and oxygen atoms in total. The van der Waals surface area contributed by atoms with Gasteiger partial charge in [0.15, 0.2) is 0 Å². The Balaban J connectivity index is 1.62. The van der Waals surface area contributed by atoms with E-state index in [1.807, 2.05) is 0 Å². The monoisotopic (exact) mass is 372 g/mol. The highest BCUT2D eigenvalue weighted by molar-refractivity contribution is 5.73. The third-order valence-electron chi connectivity index (χ3n) is 5.93. The lowest BCUT2D eigenvalue weighted by Gasteiger charge is -2.39. The molecule has 1 atom stereocenters. The molecule has 2 fully saturated rings. The van der Waals surface area contributed by atoms with E-state index in [0.29, 0.717) is 23.2 Å². The third-order valence-corrected chi connectivity index (χ3v) is 5.93. The first-order chi connectivity index (χ1) is 12.9. The van der Waals surface area contributed by atoms with Crippen molar-refractivity contribution in [1.82, 2.24) is 9.55 Å². The number of benzene rings is 1. The van der Waals surface area contributed by atoms with Gasteiger partial charge in [-0.1, -0.05) is 12.1 Å². The van der Waals surface area contributed by atoms with Crippen LogP contribution in [0.1, 0.15) is 26.2 Å². The molecule has 144 valence electrons. The Hall–Kier alpha value is -2.41. The number of anilines is 2. The summed E-state index contributed by atoms with van der Waals surface area (Å²) in [7, 11) is 1.71. The smallest absolute Gasteiger partial charge is 0.264 e. The molecule has 4 rings (SSSR count). The van der Waals surface area contributed by atoms with Crippen LogP contribution in [0.15, 0.2) is 29.1 Å². The Morgan fingerprint density at radius 2 is 1.93 bits per heavy atom. The van der Waals surface area contributed by atoms with Gasteiger partial charge in [0.1, 0.15) is 11.6 Å². The standard InChI is InChI=1S/C20H25FN4O2/c1-13-11-20(12-27-13)7-9-25(10-8-20)19-23-17(22)16(18(26)24(19)2)14-3-5-15(21)6-4-14/h3-6,13H,7-12,22H2,1-2H3/t13-/m0/s1. The zero-order valence-corrected chi connectivity index (χ0v) is 15.7. The van der Waals surface area contributed by atoms with E-state index in [1.165, 1.54) is 12.1 Å². The van der Waals surface area contributed by atoms with Gasteiger partial charge in [0.05, 0.1) is 18.3 Å². The molecule has 2 N–H and O–H groups in total. The second-order valence-electron chi connectivity index (χ2n) is 7.86. The molecule has 1 aromatic carbocycles. The highest BCUT2D eigenvalue weighted by Gasteiger charge is 2.41. The molecule has 7 heteroatoms. The first-order valence-corrected chi connectivity index (χ1v) is 9.38. The van der Waals surface area contributed by atoms with E-state index in [-0.39, 0.29) is 22.6 Å². The summed E-state index contributed by atoms with van der Waals surface area (Å²) in [6.45, 7) is 4.60. The predicted molar refractivity (Wildman–Crippen MR) is 103 cm³/mol. The maximum Gasteiger partial charge on any atom is 0.264 e. The topological polar surface area (TPSA) is 73.4 Å². The van der Waals surface area contributed by atoms with Gasteiger partial charge < -0.3 is 15.4 Å². The summed E-state index contributed by atoms with van der Waals surface area (Å²) in [5.74, 6) is 0.411. The number of aromatic nitrogens is 2. The van der Waals surface area contributed by atoms with Crippen LogP contribution in [0.4, 0.5) is 16.2 Å². The van der Waals surface area contributed by atoms with Crippen LogP contribution in [0.5, 0.6) is 0 Å². The first kappa shape index (κ1) is 18.0. The summed E-state index contributed by atoms with van der Waals surface area (Å²) in [5, 5.41) is 0. The van der Waals surface area contributed by atoms with E-state index in [1.54, 1.807) is 23.7 Å². The van der Waals surface area contributed by atoms with Gasteiger partial charge >= 0.3 is 0 Å². The number of halogens is 1. The normalized spacial score (nSPS) is 21.7. The van der Waals surface area contributed by atoms with Crippen LogP contribution in [0.2, 0.25) is 0 Å². The quantitative estimate of drug-likeness (QED) is 0.877. The Kier molecular flexibility index (Phi) is 4.42. The van der Waals surface area contributed by atoms with Crippen LogP contribution >= 0.6 is 0 Å². The van der Waals surface area contributed by atoms with E-state index in [2.05, 4.69) is 16.8 Å². The lowest BCUT2D eigenvalue weighted by molar-refractivity contribution is 0.0974. The Morgan fingerprint density at radius 1 is 1.26 bits per heavy atom. The molecule has 0 unspecified atom stereocenters. The zero-order chi connectivity index (χ0) is 19.2. The molecule has 1 spiro atoms. The summed E-state index contributed by atoms with van der Waals surface area (Å²) in [6, 6.07) is 5.74. The van der Waals surface area contributed by atoms with Crippen LogP contribution in [0.3, 0.4) is 0 Å². The highest BCUT2D eigenvalue weighted by atomic mass is 19.1. The van der Waals surface area contributed by atoms with E-state index >= 15 is 0 Å². The third kappa shape index (κ3) is 3.20. The van der Waals surface area contributed by atoms with Crippen LogP contribution in [-0.2, 0) is 11.8 Å². The van der Waals surface area contributed by atoms with Gasteiger partial charge in [0, 0.05) is 20.1 Å². The minimum absolute atomic E-state index is 0.179. The molecular formula is C20H25FN4O2. The zero-order valence-electron chi connectivity index (χ0n) is 15.7. The van der Waals surface area contributed by atoms with Crippen molar-refractivity contribution >= 4 is 11.8 Å². The number of piperidine rings is 1. The number of nitrogens with two attached hydrogens (primary N) is 1. The molecule has 2 aliphatic heterocycles. The first-order valence-electron chi connectivity index (χ1n) is 9.38. The SMILES string of the molecule is C[C@H]1CC2(CCN(c3nc(N)c(-c4ccc(F)cc4)c(=O)n3C)CC2)CO1. The molecule has 2 saturated heterocycles. The second kappa shape index (κ2) is 6.64. The fourth-order valence-corrected chi connectivity index (χ4v) is 4.35. The van der Waals surface area contributed by atoms with Gasteiger partial charge in [-0.05, 0) is 49.3 Å². The van der Waals surface area contributed by atoms with E-state index in [9.17, 15) is 9.18 Å². The van der Waals surface area contributed by atoms with Gasteiger partial charge in [-0.15, -0.1) is 0 Å². The Labute approximate surface area is 157 Å². The van der Waals surface area contributed by atoms with Crippen molar-refractivity contribution in [3.8, 4) is 11.1 Å². The van der Waals surface area contributed by atoms with E-state index < -0.39 is 0 Å². The highest BCUT2D eigenvalue weighted by Crippen LogP contribution is 2.42. The maximum absolute atomic E-state index is 13.2. The molecule has 0 bridgehead atoms. The summed E-state index contributed by atoms with van der Waals surface area (Å²) in [5.41, 5.74) is 7.06. The fraction of sp³-hybridized carbons (Fsp3) is 0.500. The second-order valence-corrected chi connectivity index (χ2v) is 7.86. The van der Waals surface area contributed by atoms with Crippen LogP contribution < -0.4 is 16.2 Å². The largest absolute Gasteiger partial charge is 0.383 e. The fourth-order valence-electron chi connectivity index (χ4n) is 4.35. The maximum atomic E-state index is 13.2. The van der Waals surface area contributed by atoms with Gasteiger partial charge in [-0.25, -0.2) is 4.39 Å². The molecule has 0 aliphatic carbocycles. The molecule has 2 aromatic rings. The van der Waals surface area contributed by atoms with Crippen molar-refractivity contribution in [2.45, 2.75) is 32.3 Å². The van der Waals surface area contributed by atoms with Crippen molar-refractivity contribution in [2.24, 2.45) is 12.5 Å². The van der Waals surface area contributed by atoms with Crippen LogP contribution in [0.25, 0.3) is 11.1 Å². The molecule has 1 aromatic heterocycles. The molecule has 2 aliphatic rings. The molecular weight excluding hydrogens is 347 g/mol. The average Bonchev–Trinajstić information content (AvgIpc) is 3.01. The van der Waals surface area contributed by atoms with Gasteiger partial charge in [-0.2, -0.15) is 4.98 Å². The van der Waals surface area contributed by atoms with Crippen LogP contribution in [0, 0.1) is 11.2 Å². The molecule has 27 heavy (non-hydrogen) atoms. The summed E-state index contributed by atoms with van der Waals surface area (Å²) in [4.78, 5) is 19.6. The van der Waals surface area contributed by atoms with Crippen molar-refractivity contribution in [1.29, 1.82) is 0 Å². The molecule has 0 saturated carbocycles. The Morgan fingerprint density at radius 3 is 2.52 bits per heavy atom. The number of nitrogens with zero attached hydrogens (tertiary/aromatic N) is 3. The van der Waals surface area contributed by atoms with Gasteiger partial charge in [-0.3, -0.25) is 9.36 Å². The van der Waals surface area contributed by atoms with Crippen molar-refractivity contribution in [2.75, 3.05) is 30.3 Å². The minimum Gasteiger partial charge on any atom is -0.383 e. The van der Waals surface area contributed by atoms with Crippen molar-refractivity contribution in [3.63, 3.8) is 0 Å². The lowest BCUT2D eigenvalue weighted by Crippen LogP contribution is -2.43. The van der Waals surface area contributed by atoms with Crippen LogP contribution in [-0.4, -0.2) is 35.4 Å². The predicted octanol–water partition coefficient (Wildman–Crippen LogP) is 2.56. The van der Waals surface area contributed by atoms with E-state index in [0.717, 1.165) is 39.0 Å². The number of ether oxygens (including phenoxy) is 1. The van der Waals surface area contributed by atoms with Gasteiger partial charge in [0.2, 0.25) is 5.95 Å². The van der Waals surface area contributed by atoms with Crippen molar-refractivity contribution < 1.29 is 9.13 Å². The minimum atomic E-state index is -0.355. The lowest BCUT2D eigenvalue weighted by atomic mass is 9.77. The van der Waals surface area contributed by atoms with Gasteiger partial charge in [0.25, 0.3) is 5.56 Å². The van der Waals surface area contributed by atoms with Crippen molar-refractivity contribution in [3.05, 3.63) is 40.4 Å². The number of nitrogen functional groups attached to an aromatic ring is 1. The summed E-state index contributed by atoms with van der Waals surface area (Å²) in [6.07, 6.45) is 3.46. The molecule has 3 heterocycles. The summed E-state index contributed by atoms with van der Waals surface area (Å²) >= 11 is 0. The van der Waals surface area contributed by atoms with E-state index in [4.69, 9.17) is 10.5 Å². The summed E-state index contributed by atoms with van der Waals surface area (Å²) < 4.78 is 20.5. The Bertz CT molecular complexity index is 901. The molecule has 0 radical (unpaired) electrons. The number of hydrogen-bond acceptors (Lipinski definition) is 5.